The zero-order chi connectivity index (χ0) is 26.7. The molecular formula is C31H28BrNO3S2. The lowest BCUT2D eigenvalue weighted by Gasteiger charge is -2.21. The van der Waals surface area contributed by atoms with Crippen molar-refractivity contribution in [2.45, 2.75) is 16.2 Å². The molecule has 0 radical (unpaired) electrons. The second-order valence-corrected chi connectivity index (χ2v) is 11.5. The summed E-state index contributed by atoms with van der Waals surface area (Å²) in [6.45, 7) is 0.490. The predicted octanol–water partition coefficient (Wildman–Crippen LogP) is 8.53. The summed E-state index contributed by atoms with van der Waals surface area (Å²) in [5.41, 5.74) is 1.67. The molecule has 0 saturated heterocycles. The Balaban J connectivity index is 1.68. The Bertz CT molecular complexity index is 1340. The molecule has 0 aromatic heterocycles. The van der Waals surface area contributed by atoms with Crippen LogP contribution in [-0.4, -0.2) is 31.6 Å². The smallest absolute Gasteiger partial charge is 0.259 e. The van der Waals surface area contributed by atoms with E-state index >= 15 is 0 Å². The molecule has 0 heterocycles. The lowest BCUT2D eigenvalue weighted by molar-refractivity contribution is 0.0822. The normalized spacial score (nSPS) is 10.5. The van der Waals surface area contributed by atoms with Crippen molar-refractivity contribution in [1.29, 1.82) is 0 Å². The Kier molecular flexibility index (Phi) is 10.4. The van der Waals surface area contributed by atoms with Gasteiger partial charge in [0.1, 0.15) is 0 Å². The van der Waals surface area contributed by atoms with Gasteiger partial charge in [0.2, 0.25) is 0 Å². The Hall–Kier alpha value is -3.13. The van der Waals surface area contributed by atoms with Gasteiger partial charge in [0.15, 0.2) is 11.5 Å². The number of hydrogen-bond acceptors (Lipinski definition) is 5. The lowest BCUT2D eigenvalue weighted by atomic mass is 10.1. The van der Waals surface area contributed by atoms with Crippen LogP contribution in [0.2, 0.25) is 0 Å². The number of benzene rings is 4. The van der Waals surface area contributed by atoms with Gasteiger partial charge in [-0.2, -0.15) is 0 Å². The summed E-state index contributed by atoms with van der Waals surface area (Å²) in [4.78, 5) is 17.9. The van der Waals surface area contributed by atoms with Gasteiger partial charge in [-0.05, 0) is 76.4 Å². The van der Waals surface area contributed by atoms with Crippen LogP contribution in [-0.2, 0) is 6.42 Å². The van der Waals surface area contributed by atoms with Crippen molar-refractivity contribution in [3.05, 3.63) is 129 Å². The van der Waals surface area contributed by atoms with E-state index in [2.05, 4.69) is 40.2 Å². The second-order valence-electron chi connectivity index (χ2n) is 8.20. The van der Waals surface area contributed by atoms with Crippen LogP contribution in [0.4, 0.5) is 0 Å². The highest BCUT2D eigenvalue weighted by Gasteiger charge is 2.19. The topological polar surface area (TPSA) is 38.8 Å². The third-order valence-electron chi connectivity index (χ3n) is 5.64. The number of halogens is 1. The summed E-state index contributed by atoms with van der Waals surface area (Å²) in [6.07, 6.45) is 2.62. The number of carbonyl (C=O) groups is 1. The fourth-order valence-corrected chi connectivity index (χ4v) is 6.32. The summed E-state index contributed by atoms with van der Waals surface area (Å²) in [5, 5.41) is 0. The number of hydrogen-bond donors (Lipinski definition) is 0. The van der Waals surface area contributed by atoms with Crippen molar-refractivity contribution < 1.29 is 14.3 Å². The number of thioether (sulfide) groups is 2. The van der Waals surface area contributed by atoms with Crippen LogP contribution in [0.15, 0.2) is 128 Å². The average Bonchev–Trinajstić information content (AvgIpc) is 2.96. The van der Waals surface area contributed by atoms with Crippen LogP contribution in [0.25, 0.3) is 0 Å². The van der Waals surface area contributed by atoms with Crippen molar-refractivity contribution in [2.24, 2.45) is 0 Å². The number of rotatable bonds is 11. The van der Waals surface area contributed by atoms with Gasteiger partial charge < -0.3 is 14.4 Å². The van der Waals surface area contributed by atoms with Crippen molar-refractivity contribution in [3.8, 4) is 11.5 Å². The number of methoxy groups -OCH3 is 2. The average molecular weight is 607 g/mol. The number of nitrogens with zero attached hydrogens (tertiary/aromatic N) is 1. The van der Waals surface area contributed by atoms with Crippen molar-refractivity contribution in [1.82, 2.24) is 4.90 Å². The summed E-state index contributed by atoms with van der Waals surface area (Å²) in [6, 6.07) is 33.8. The van der Waals surface area contributed by atoms with Crippen molar-refractivity contribution in [3.63, 3.8) is 0 Å². The summed E-state index contributed by atoms with van der Waals surface area (Å²) < 4.78 is 12.6. The van der Waals surface area contributed by atoms with E-state index in [-0.39, 0.29) is 5.91 Å². The Morgan fingerprint density at radius 1 is 0.789 bits per heavy atom. The molecule has 4 aromatic carbocycles. The van der Waals surface area contributed by atoms with E-state index in [1.54, 1.807) is 42.6 Å². The maximum absolute atomic E-state index is 13.8. The minimum absolute atomic E-state index is 0.0715. The lowest BCUT2D eigenvalue weighted by Crippen LogP contribution is -2.28. The fourth-order valence-electron chi connectivity index (χ4n) is 3.71. The molecule has 0 saturated carbocycles. The van der Waals surface area contributed by atoms with Gasteiger partial charge >= 0.3 is 0 Å². The highest BCUT2D eigenvalue weighted by molar-refractivity contribution is 9.10. The van der Waals surface area contributed by atoms with Crippen LogP contribution in [0, 0.1) is 0 Å². The van der Waals surface area contributed by atoms with Crippen molar-refractivity contribution in [2.75, 3.05) is 20.8 Å². The summed E-state index contributed by atoms with van der Waals surface area (Å²) >= 11 is 6.85. The Labute approximate surface area is 241 Å². The van der Waals surface area contributed by atoms with Crippen LogP contribution < -0.4 is 9.47 Å². The van der Waals surface area contributed by atoms with Crippen LogP contribution in [0.1, 0.15) is 15.9 Å². The molecule has 0 aliphatic heterocycles. The van der Waals surface area contributed by atoms with E-state index in [0.29, 0.717) is 30.0 Å². The van der Waals surface area contributed by atoms with E-state index in [9.17, 15) is 4.79 Å². The van der Waals surface area contributed by atoms with E-state index in [1.807, 2.05) is 85.1 Å². The standard InChI is InChI=1S/C31H28BrNO3S2/c1-35-28-18-17-23(21-29(28)36-2)19-20-33(31(34)26-15-9-10-16-27(26)32)22-30(37-24-11-5-3-6-12-24)38-25-13-7-4-8-14-25/h3-18,21-22H,19-20H2,1-2H3. The van der Waals surface area contributed by atoms with Crippen LogP contribution in [0.3, 0.4) is 0 Å². The molecule has 0 aliphatic carbocycles. The molecule has 0 unspecified atom stereocenters. The quantitative estimate of drug-likeness (QED) is 0.160. The molecule has 0 bridgehead atoms. The molecule has 1 amide bonds. The van der Waals surface area contributed by atoms with Gasteiger partial charge in [-0.25, -0.2) is 0 Å². The first-order chi connectivity index (χ1) is 18.6. The zero-order valence-electron chi connectivity index (χ0n) is 21.2. The molecule has 4 rings (SSSR count). The molecule has 0 spiro atoms. The van der Waals surface area contributed by atoms with Gasteiger partial charge in [0, 0.05) is 27.0 Å². The SMILES string of the molecule is COc1ccc(CCN(C=C(Sc2ccccc2)Sc2ccccc2)C(=O)c2ccccc2Br)cc1OC. The molecule has 4 aromatic rings. The predicted molar refractivity (Wildman–Crippen MR) is 161 cm³/mol. The van der Waals surface area contributed by atoms with E-state index in [1.165, 1.54) is 0 Å². The molecule has 0 atom stereocenters. The maximum Gasteiger partial charge on any atom is 0.259 e. The van der Waals surface area contributed by atoms with Crippen LogP contribution >= 0.6 is 39.5 Å². The first-order valence-electron chi connectivity index (χ1n) is 12.0. The fraction of sp³-hybridized carbons (Fsp3) is 0.129. The van der Waals surface area contributed by atoms with Gasteiger partial charge in [0.05, 0.1) is 24.0 Å². The summed E-state index contributed by atoms with van der Waals surface area (Å²) in [5.74, 6) is 1.28. The van der Waals surface area contributed by atoms with Gasteiger partial charge in [-0.1, -0.05) is 78.1 Å². The third-order valence-corrected chi connectivity index (χ3v) is 8.46. The van der Waals surface area contributed by atoms with E-state index < -0.39 is 0 Å². The van der Waals surface area contributed by atoms with E-state index in [0.717, 1.165) is 24.1 Å². The highest BCUT2D eigenvalue weighted by atomic mass is 79.9. The molecule has 4 nitrogen and oxygen atoms in total. The zero-order valence-corrected chi connectivity index (χ0v) is 24.4. The largest absolute Gasteiger partial charge is 0.493 e. The van der Waals surface area contributed by atoms with Gasteiger partial charge in [-0.3, -0.25) is 4.79 Å². The number of carbonyl (C=O) groups excluding carboxylic acids is 1. The minimum Gasteiger partial charge on any atom is -0.493 e. The molecule has 38 heavy (non-hydrogen) atoms. The third kappa shape index (κ3) is 7.69. The molecular weight excluding hydrogens is 578 g/mol. The molecule has 0 fully saturated rings. The molecule has 7 heteroatoms. The van der Waals surface area contributed by atoms with Crippen LogP contribution in [0.5, 0.6) is 11.5 Å². The monoisotopic (exact) mass is 605 g/mol. The second kappa shape index (κ2) is 14.1. The highest BCUT2D eigenvalue weighted by Crippen LogP contribution is 2.39. The maximum atomic E-state index is 13.8. The Morgan fingerprint density at radius 2 is 1.37 bits per heavy atom. The number of amides is 1. The van der Waals surface area contributed by atoms with Gasteiger partial charge in [-0.15, -0.1) is 0 Å². The summed E-state index contributed by atoms with van der Waals surface area (Å²) in [7, 11) is 3.25. The van der Waals surface area contributed by atoms with Crippen molar-refractivity contribution >= 4 is 45.4 Å². The molecule has 0 N–H and O–H groups in total. The first-order valence-corrected chi connectivity index (χ1v) is 14.4. The van der Waals surface area contributed by atoms with Gasteiger partial charge in [0.25, 0.3) is 5.91 Å². The molecule has 0 aliphatic rings. The molecule has 194 valence electrons. The Morgan fingerprint density at radius 3 is 1.95 bits per heavy atom. The minimum atomic E-state index is -0.0715. The van der Waals surface area contributed by atoms with E-state index in [4.69, 9.17) is 9.47 Å². The number of ether oxygens (including phenoxy) is 2. The first kappa shape index (κ1) is 27.9.